The average Bonchev–Trinajstić information content (AvgIpc) is 2.48. The molecule has 3 nitrogen and oxygen atoms in total. The van der Waals surface area contributed by atoms with E-state index in [1.807, 2.05) is 54.6 Å². The van der Waals surface area contributed by atoms with Gasteiger partial charge in [-0.15, -0.1) is 0 Å². The second-order valence-corrected chi connectivity index (χ2v) is 5.14. The highest BCUT2D eigenvalue weighted by Crippen LogP contribution is 2.41. The van der Waals surface area contributed by atoms with E-state index in [0.717, 1.165) is 11.1 Å². The second-order valence-electron chi connectivity index (χ2n) is 5.14. The number of ether oxygens (including phenoxy) is 1. The van der Waals surface area contributed by atoms with Crippen LogP contribution in [-0.2, 0) is 16.6 Å². The molecule has 2 aromatic carbocycles. The van der Waals surface area contributed by atoms with E-state index in [-0.39, 0.29) is 0 Å². The maximum atomic E-state index is 12.0. The van der Waals surface area contributed by atoms with Gasteiger partial charge >= 0.3 is 5.97 Å². The Bertz CT molecular complexity index is 621. The Morgan fingerprint density at radius 2 is 1.80 bits per heavy atom. The Labute approximate surface area is 117 Å². The molecule has 0 saturated carbocycles. The first-order valence-electron chi connectivity index (χ1n) is 6.72. The molecule has 1 unspecified atom stereocenters. The van der Waals surface area contributed by atoms with E-state index in [1.165, 1.54) is 0 Å². The third kappa shape index (κ3) is 2.05. The van der Waals surface area contributed by atoms with Crippen LogP contribution in [-0.4, -0.2) is 17.7 Å². The van der Waals surface area contributed by atoms with Crippen LogP contribution in [0.3, 0.4) is 0 Å². The molecule has 0 amide bonds. The van der Waals surface area contributed by atoms with Crippen molar-refractivity contribution in [3.8, 4) is 5.75 Å². The minimum atomic E-state index is -0.893. The Balaban J connectivity index is 2.08. The molecule has 0 saturated heterocycles. The van der Waals surface area contributed by atoms with Crippen molar-refractivity contribution < 1.29 is 14.6 Å². The summed E-state index contributed by atoms with van der Waals surface area (Å²) >= 11 is 0. The van der Waals surface area contributed by atoms with Crippen LogP contribution in [0.1, 0.15) is 17.5 Å². The Morgan fingerprint density at radius 1 is 1.10 bits per heavy atom. The molecule has 1 aliphatic heterocycles. The standard InChI is InChI=1S/C17H16O3/c18-16(19)17(12-13-6-2-1-3-7-13)10-11-20-15-9-5-4-8-14(15)17/h1-9H,10-12H2,(H,18,19). The molecular weight excluding hydrogens is 252 g/mol. The quantitative estimate of drug-likeness (QED) is 0.930. The van der Waals surface area contributed by atoms with Gasteiger partial charge in [0.1, 0.15) is 11.2 Å². The fourth-order valence-corrected chi connectivity index (χ4v) is 2.88. The highest BCUT2D eigenvalue weighted by atomic mass is 16.5. The smallest absolute Gasteiger partial charge is 0.314 e. The van der Waals surface area contributed by atoms with E-state index < -0.39 is 11.4 Å². The van der Waals surface area contributed by atoms with Crippen LogP contribution in [0.4, 0.5) is 0 Å². The Hall–Kier alpha value is -2.29. The molecule has 1 N–H and O–H groups in total. The lowest BCUT2D eigenvalue weighted by Crippen LogP contribution is -2.42. The monoisotopic (exact) mass is 268 g/mol. The van der Waals surface area contributed by atoms with Crippen LogP contribution in [0.15, 0.2) is 54.6 Å². The molecule has 0 aromatic heterocycles. The molecule has 0 fully saturated rings. The van der Waals surface area contributed by atoms with E-state index >= 15 is 0 Å². The van der Waals surface area contributed by atoms with Crippen molar-refractivity contribution in [2.24, 2.45) is 0 Å². The Morgan fingerprint density at radius 3 is 2.55 bits per heavy atom. The number of hydrogen-bond acceptors (Lipinski definition) is 2. The molecule has 1 atom stereocenters. The molecule has 0 aliphatic carbocycles. The molecule has 1 aliphatic rings. The first-order valence-corrected chi connectivity index (χ1v) is 6.72. The summed E-state index contributed by atoms with van der Waals surface area (Å²) in [6, 6.07) is 17.2. The zero-order chi connectivity index (χ0) is 14.0. The summed E-state index contributed by atoms with van der Waals surface area (Å²) in [6.07, 6.45) is 0.984. The van der Waals surface area contributed by atoms with Gasteiger partial charge in [-0.2, -0.15) is 0 Å². The second kappa shape index (κ2) is 5.00. The highest BCUT2D eigenvalue weighted by Gasteiger charge is 2.44. The van der Waals surface area contributed by atoms with Crippen molar-refractivity contribution in [1.29, 1.82) is 0 Å². The van der Waals surface area contributed by atoms with Crippen LogP contribution in [0.5, 0.6) is 5.75 Å². The van der Waals surface area contributed by atoms with E-state index in [1.54, 1.807) is 0 Å². The molecular formula is C17H16O3. The summed E-state index contributed by atoms with van der Waals surface area (Å²) in [6.45, 7) is 0.441. The maximum Gasteiger partial charge on any atom is 0.314 e. The summed E-state index contributed by atoms with van der Waals surface area (Å²) in [4.78, 5) is 12.0. The number of carboxylic acid groups (broad SMARTS) is 1. The minimum Gasteiger partial charge on any atom is -0.493 e. The van der Waals surface area contributed by atoms with Crippen LogP contribution in [0.25, 0.3) is 0 Å². The number of hydrogen-bond donors (Lipinski definition) is 1. The molecule has 20 heavy (non-hydrogen) atoms. The van der Waals surface area contributed by atoms with Gasteiger partial charge in [-0.25, -0.2) is 0 Å². The molecule has 1 heterocycles. The topological polar surface area (TPSA) is 46.5 Å². The number of aliphatic carboxylic acids is 1. The van der Waals surface area contributed by atoms with Crippen molar-refractivity contribution in [3.05, 3.63) is 65.7 Å². The highest BCUT2D eigenvalue weighted by molar-refractivity contribution is 5.83. The summed E-state index contributed by atoms with van der Waals surface area (Å²) in [7, 11) is 0. The number of carbonyl (C=O) groups is 1. The van der Waals surface area contributed by atoms with Crippen molar-refractivity contribution in [2.45, 2.75) is 18.3 Å². The summed E-state index contributed by atoms with van der Waals surface area (Å²) in [5.41, 5.74) is 0.921. The van der Waals surface area contributed by atoms with Gasteiger partial charge in [0.15, 0.2) is 0 Å². The fourth-order valence-electron chi connectivity index (χ4n) is 2.88. The molecule has 0 radical (unpaired) electrons. The normalized spacial score (nSPS) is 20.8. The SMILES string of the molecule is O=C(O)C1(Cc2ccccc2)CCOc2ccccc21. The van der Waals surface area contributed by atoms with Crippen LogP contribution >= 0.6 is 0 Å². The number of benzene rings is 2. The van der Waals surface area contributed by atoms with Crippen LogP contribution in [0, 0.1) is 0 Å². The number of fused-ring (bicyclic) bond motifs is 1. The predicted octanol–water partition coefficient (Wildman–Crippen LogP) is 3.03. The van der Waals surface area contributed by atoms with E-state index in [0.29, 0.717) is 25.2 Å². The molecule has 2 aromatic rings. The van der Waals surface area contributed by atoms with Crippen LogP contribution in [0.2, 0.25) is 0 Å². The van der Waals surface area contributed by atoms with E-state index in [4.69, 9.17) is 4.74 Å². The van der Waals surface area contributed by atoms with Gasteiger partial charge in [-0.3, -0.25) is 4.79 Å². The van der Waals surface area contributed by atoms with Crippen molar-refractivity contribution in [3.63, 3.8) is 0 Å². The maximum absolute atomic E-state index is 12.0. The first-order chi connectivity index (χ1) is 9.72. The van der Waals surface area contributed by atoms with E-state index in [9.17, 15) is 9.90 Å². The Kier molecular flexibility index (Phi) is 3.18. The van der Waals surface area contributed by atoms with Crippen molar-refractivity contribution in [1.82, 2.24) is 0 Å². The lowest BCUT2D eigenvalue weighted by molar-refractivity contribution is -0.145. The molecule has 102 valence electrons. The van der Waals surface area contributed by atoms with Gasteiger partial charge in [0.2, 0.25) is 0 Å². The first kappa shape index (κ1) is 12.7. The van der Waals surface area contributed by atoms with Gasteiger partial charge < -0.3 is 9.84 Å². The summed E-state index contributed by atoms with van der Waals surface area (Å²) < 4.78 is 5.60. The minimum absolute atomic E-state index is 0.441. The van der Waals surface area contributed by atoms with Crippen LogP contribution < -0.4 is 4.74 Å². The number of para-hydroxylation sites is 1. The molecule has 0 bridgehead atoms. The third-order valence-corrected chi connectivity index (χ3v) is 3.95. The largest absolute Gasteiger partial charge is 0.493 e. The fraction of sp³-hybridized carbons (Fsp3) is 0.235. The lowest BCUT2D eigenvalue weighted by Gasteiger charge is -2.35. The summed E-state index contributed by atoms with van der Waals surface area (Å²) in [5, 5.41) is 9.84. The average molecular weight is 268 g/mol. The summed E-state index contributed by atoms with van der Waals surface area (Å²) in [5.74, 6) is -0.0887. The van der Waals surface area contributed by atoms with Crippen molar-refractivity contribution in [2.75, 3.05) is 6.61 Å². The zero-order valence-corrected chi connectivity index (χ0v) is 11.1. The third-order valence-electron chi connectivity index (χ3n) is 3.95. The number of rotatable bonds is 3. The molecule has 3 rings (SSSR count). The number of carboxylic acids is 1. The molecule has 0 spiro atoms. The van der Waals surface area contributed by atoms with Gasteiger partial charge in [-0.05, 0) is 18.1 Å². The van der Waals surface area contributed by atoms with Gasteiger partial charge in [-0.1, -0.05) is 48.5 Å². The van der Waals surface area contributed by atoms with Gasteiger partial charge in [0, 0.05) is 12.0 Å². The van der Waals surface area contributed by atoms with Gasteiger partial charge in [0.25, 0.3) is 0 Å². The van der Waals surface area contributed by atoms with Crippen molar-refractivity contribution >= 4 is 5.97 Å². The zero-order valence-electron chi connectivity index (χ0n) is 11.1. The van der Waals surface area contributed by atoms with E-state index in [2.05, 4.69) is 0 Å². The molecule has 3 heteroatoms. The van der Waals surface area contributed by atoms with Gasteiger partial charge in [0.05, 0.1) is 6.61 Å². The predicted molar refractivity (Wildman–Crippen MR) is 76.0 cm³/mol. The lowest BCUT2D eigenvalue weighted by atomic mass is 9.72.